The Morgan fingerprint density at radius 2 is 1.97 bits per heavy atom. The van der Waals surface area contributed by atoms with Gasteiger partial charge < -0.3 is 15.7 Å². The maximum Gasteiger partial charge on any atom is 0.434 e. The first-order valence-corrected chi connectivity index (χ1v) is 10.8. The van der Waals surface area contributed by atoms with Gasteiger partial charge in [-0.2, -0.15) is 18.3 Å². The van der Waals surface area contributed by atoms with E-state index in [-0.39, 0.29) is 23.5 Å². The van der Waals surface area contributed by atoms with Crippen molar-refractivity contribution in [1.82, 2.24) is 20.4 Å². The Balaban J connectivity index is 1.54. The Kier molecular flexibility index (Phi) is 5.68. The largest absolute Gasteiger partial charge is 0.434 e. The molecule has 3 N–H and O–H groups in total. The van der Waals surface area contributed by atoms with Crippen LogP contribution < -0.4 is 10.6 Å². The highest BCUT2D eigenvalue weighted by atomic mass is 19.4. The van der Waals surface area contributed by atoms with Gasteiger partial charge in [0.05, 0.1) is 17.4 Å². The first-order valence-electron chi connectivity index (χ1n) is 10.8. The Hall–Kier alpha value is -2.62. The molecule has 5 rings (SSSR count). The van der Waals surface area contributed by atoms with Gasteiger partial charge in [0, 0.05) is 24.4 Å². The third-order valence-corrected chi connectivity index (χ3v) is 6.89. The lowest BCUT2D eigenvalue weighted by atomic mass is 9.52. The summed E-state index contributed by atoms with van der Waals surface area (Å²) in [7, 11) is 0. The highest BCUT2D eigenvalue weighted by Crippen LogP contribution is 2.55. The van der Waals surface area contributed by atoms with Crippen LogP contribution in [0.3, 0.4) is 0 Å². The maximum atomic E-state index is 13.8. The zero-order chi connectivity index (χ0) is 23.3. The Morgan fingerprint density at radius 3 is 2.53 bits per heavy atom. The third kappa shape index (κ3) is 4.20. The van der Waals surface area contributed by atoms with Gasteiger partial charge in [-0.15, -0.1) is 0 Å². The molecular formula is C22H27F3N4O3. The van der Waals surface area contributed by atoms with E-state index in [1.165, 1.54) is 0 Å². The van der Waals surface area contributed by atoms with Crippen LogP contribution >= 0.6 is 0 Å². The number of likely N-dealkylation sites (N-methyl/N-ethyl adjacent to an activating group) is 1. The molecule has 4 saturated carbocycles. The van der Waals surface area contributed by atoms with Crippen molar-refractivity contribution in [3.8, 4) is 0 Å². The van der Waals surface area contributed by atoms with Crippen LogP contribution in [0.4, 0.5) is 13.2 Å². The lowest BCUT2D eigenvalue weighted by Gasteiger charge is -2.58. The molecule has 7 nitrogen and oxygen atoms in total. The first kappa shape index (κ1) is 22.6. The number of halogens is 3. The minimum Gasteiger partial charge on any atom is -0.390 e. The fraction of sp³-hybridized carbons (Fsp3) is 0.591. The van der Waals surface area contributed by atoms with E-state index in [1.54, 1.807) is 6.92 Å². The van der Waals surface area contributed by atoms with Crippen molar-refractivity contribution in [2.24, 2.45) is 17.8 Å². The van der Waals surface area contributed by atoms with Crippen molar-refractivity contribution in [1.29, 1.82) is 0 Å². The molecule has 1 aromatic heterocycles. The van der Waals surface area contributed by atoms with E-state index in [0.29, 0.717) is 30.0 Å². The second-order valence-electron chi connectivity index (χ2n) is 9.24. The molecule has 0 radical (unpaired) electrons. The second kappa shape index (κ2) is 8.06. The molecule has 0 spiro atoms. The molecule has 1 heterocycles. The van der Waals surface area contributed by atoms with Crippen molar-refractivity contribution < 1.29 is 27.9 Å². The lowest BCUT2D eigenvalue weighted by molar-refractivity contribution is -0.143. The number of carbonyl (C=O) groups is 2. The molecule has 2 unspecified atom stereocenters. The van der Waals surface area contributed by atoms with Crippen LogP contribution in [0, 0.1) is 17.8 Å². The molecule has 32 heavy (non-hydrogen) atoms. The number of hydrogen-bond donors (Lipinski definition) is 3. The molecule has 0 aromatic carbocycles. The van der Waals surface area contributed by atoms with Gasteiger partial charge in [0.1, 0.15) is 0 Å². The van der Waals surface area contributed by atoms with Crippen LogP contribution in [0.5, 0.6) is 0 Å². The van der Waals surface area contributed by atoms with E-state index in [0.717, 1.165) is 37.7 Å². The Bertz CT molecular complexity index is 952. The van der Waals surface area contributed by atoms with Crippen LogP contribution in [-0.4, -0.2) is 44.9 Å². The quantitative estimate of drug-likeness (QED) is 0.457. The Morgan fingerprint density at radius 1 is 1.31 bits per heavy atom. The number of amides is 2. The zero-order valence-corrected chi connectivity index (χ0v) is 17.8. The van der Waals surface area contributed by atoms with Crippen molar-refractivity contribution in [3.05, 3.63) is 35.7 Å². The number of aromatic nitrogens is 2. The highest BCUT2D eigenvalue weighted by Gasteiger charge is 2.55. The fourth-order valence-electron chi connectivity index (χ4n) is 5.88. The van der Waals surface area contributed by atoms with Crippen molar-refractivity contribution in [2.45, 2.75) is 56.8 Å². The van der Waals surface area contributed by atoms with Crippen molar-refractivity contribution in [3.63, 3.8) is 0 Å². The Labute approximate surface area is 183 Å². The number of nitrogens with zero attached hydrogens (tertiary/aromatic N) is 2. The smallest absolute Gasteiger partial charge is 0.390 e. The molecule has 174 valence electrons. The highest BCUT2D eigenvalue weighted by molar-refractivity contribution is 5.97. The zero-order valence-electron chi connectivity index (χ0n) is 17.8. The third-order valence-electron chi connectivity index (χ3n) is 6.89. The van der Waals surface area contributed by atoms with Crippen molar-refractivity contribution in [2.75, 3.05) is 6.54 Å². The van der Waals surface area contributed by atoms with Crippen LogP contribution in [0.25, 0.3) is 6.20 Å². The van der Waals surface area contributed by atoms with Crippen LogP contribution in [0.15, 0.2) is 24.4 Å². The van der Waals surface area contributed by atoms with Crippen molar-refractivity contribution >= 4 is 18.0 Å². The van der Waals surface area contributed by atoms with E-state index in [4.69, 9.17) is 0 Å². The molecule has 4 aliphatic rings. The SMILES string of the molecule is C=C(/C=C/n1ncc(C(=O)NC2C3CC4CC2CC(O)(C4)C3)c1C(F)(F)F)C(=O)NCC. The van der Waals surface area contributed by atoms with Gasteiger partial charge in [-0.25, -0.2) is 4.68 Å². The van der Waals surface area contributed by atoms with Gasteiger partial charge >= 0.3 is 6.18 Å². The molecule has 2 amide bonds. The molecule has 4 aliphatic carbocycles. The van der Waals surface area contributed by atoms with Gasteiger partial charge in [-0.1, -0.05) is 6.58 Å². The summed E-state index contributed by atoms with van der Waals surface area (Å²) in [5.74, 6) is -0.781. The van der Waals surface area contributed by atoms with E-state index in [2.05, 4.69) is 22.3 Å². The average molecular weight is 452 g/mol. The van der Waals surface area contributed by atoms with Crippen LogP contribution in [0.2, 0.25) is 0 Å². The average Bonchev–Trinajstić information content (AvgIpc) is 3.12. The summed E-state index contributed by atoms with van der Waals surface area (Å²) in [5, 5.41) is 19.7. The molecule has 4 fully saturated rings. The summed E-state index contributed by atoms with van der Waals surface area (Å²) in [6, 6.07) is -0.253. The predicted octanol–water partition coefficient (Wildman–Crippen LogP) is 2.73. The minimum atomic E-state index is -4.83. The standard InChI is InChI=1S/C22H27F3N4O3/c1-3-26-19(30)12(2)4-5-29-18(22(23,24)25)16(11-27-29)20(31)28-17-14-6-13-7-15(17)10-21(32,8-13)9-14/h4-5,11,13-15,17,32H,2-3,6-10H2,1H3,(H,26,30)(H,28,31)/b5-4+. The monoisotopic (exact) mass is 452 g/mol. The van der Waals surface area contributed by atoms with E-state index < -0.39 is 34.8 Å². The molecule has 4 bridgehead atoms. The number of alkyl halides is 3. The summed E-state index contributed by atoms with van der Waals surface area (Å²) in [6.45, 7) is 5.59. The van der Waals surface area contributed by atoms with Crippen LogP contribution in [-0.2, 0) is 11.0 Å². The number of aliphatic hydroxyl groups is 1. The van der Waals surface area contributed by atoms with E-state index in [1.807, 2.05) is 0 Å². The predicted molar refractivity (Wildman–Crippen MR) is 110 cm³/mol. The van der Waals surface area contributed by atoms with E-state index in [9.17, 15) is 27.9 Å². The molecular weight excluding hydrogens is 425 g/mol. The molecule has 0 aliphatic heterocycles. The fourth-order valence-corrected chi connectivity index (χ4v) is 5.88. The van der Waals surface area contributed by atoms with Gasteiger partial charge in [0.2, 0.25) is 0 Å². The van der Waals surface area contributed by atoms with Gasteiger partial charge in [-0.3, -0.25) is 9.59 Å². The summed E-state index contributed by atoms with van der Waals surface area (Å²) < 4.78 is 42.0. The van der Waals surface area contributed by atoms with Gasteiger partial charge in [0.25, 0.3) is 11.8 Å². The molecule has 1 aromatic rings. The van der Waals surface area contributed by atoms with Gasteiger partial charge in [0.15, 0.2) is 5.69 Å². The topological polar surface area (TPSA) is 96.2 Å². The second-order valence-corrected chi connectivity index (χ2v) is 9.24. The minimum absolute atomic E-state index is 0.0343. The molecule has 0 saturated heterocycles. The van der Waals surface area contributed by atoms with E-state index >= 15 is 0 Å². The number of rotatable bonds is 6. The summed E-state index contributed by atoms with van der Waals surface area (Å²) in [4.78, 5) is 24.6. The number of nitrogens with one attached hydrogen (secondary N) is 2. The summed E-state index contributed by atoms with van der Waals surface area (Å²) >= 11 is 0. The number of hydrogen-bond acceptors (Lipinski definition) is 4. The van der Waals surface area contributed by atoms with Gasteiger partial charge in [-0.05, 0) is 62.9 Å². The number of carbonyl (C=O) groups excluding carboxylic acids is 2. The molecule has 10 heteroatoms. The maximum absolute atomic E-state index is 13.8. The summed E-state index contributed by atoms with van der Waals surface area (Å²) in [5.41, 5.74) is -2.51. The summed E-state index contributed by atoms with van der Waals surface area (Å²) in [6.07, 6.45) is 1.81. The normalized spacial score (nSPS) is 31.2. The first-order chi connectivity index (χ1) is 15.0. The molecule has 2 atom stereocenters. The van der Waals surface area contributed by atoms with Crippen LogP contribution in [0.1, 0.15) is 55.1 Å². The lowest BCUT2D eigenvalue weighted by Crippen LogP contribution is -2.61.